The fraction of sp³-hybridized carbons (Fsp3) is 0.296. The molecule has 6 nitrogen and oxygen atoms in total. The van der Waals surface area contributed by atoms with E-state index in [4.69, 9.17) is 25.8 Å². The van der Waals surface area contributed by atoms with Gasteiger partial charge in [-0.25, -0.2) is 0 Å². The van der Waals surface area contributed by atoms with E-state index in [0.29, 0.717) is 30.5 Å². The fourth-order valence-electron chi connectivity index (χ4n) is 4.13. The van der Waals surface area contributed by atoms with Gasteiger partial charge in [0.05, 0.1) is 26.8 Å². The smallest absolute Gasteiger partial charge is 0.234 e. The molecule has 1 unspecified atom stereocenters. The summed E-state index contributed by atoms with van der Waals surface area (Å²) < 4.78 is 16.8. The van der Waals surface area contributed by atoms with Crippen molar-refractivity contribution in [2.75, 3.05) is 33.9 Å². The number of hydrogen-bond acceptors (Lipinski definition) is 5. The Bertz CT molecular complexity index is 1110. The Morgan fingerprint density at radius 3 is 2.35 bits per heavy atom. The lowest BCUT2D eigenvalue weighted by molar-refractivity contribution is -0.123. The van der Waals surface area contributed by atoms with Gasteiger partial charge in [0.15, 0.2) is 11.5 Å². The summed E-state index contributed by atoms with van der Waals surface area (Å²) in [5.41, 5.74) is 3.32. The van der Waals surface area contributed by atoms with Gasteiger partial charge in [0, 0.05) is 18.1 Å². The molecule has 0 radical (unpaired) electrons. The third-order valence-corrected chi connectivity index (χ3v) is 6.18. The molecule has 0 spiro atoms. The number of methoxy groups -OCH3 is 2. The van der Waals surface area contributed by atoms with E-state index < -0.39 is 0 Å². The van der Waals surface area contributed by atoms with E-state index in [0.717, 1.165) is 35.6 Å². The molecule has 4 rings (SSSR count). The molecule has 34 heavy (non-hydrogen) atoms. The highest BCUT2D eigenvalue weighted by molar-refractivity contribution is 6.30. The molecule has 3 aromatic carbocycles. The van der Waals surface area contributed by atoms with E-state index in [1.54, 1.807) is 14.2 Å². The summed E-state index contributed by atoms with van der Waals surface area (Å²) in [6.07, 6.45) is 0.848. The van der Waals surface area contributed by atoms with Crippen LogP contribution in [0.1, 0.15) is 22.7 Å². The highest BCUT2D eigenvalue weighted by Gasteiger charge is 2.23. The van der Waals surface area contributed by atoms with Crippen molar-refractivity contribution in [3.05, 3.63) is 88.4 Å². The first-order valence-corrected chi connectivity index (χ1v) is 11.6. The van der Waals surface area contributed by atoms with Crippen LogP contribution in [0, 0.1) is 0 Å². The molecule has 0 bridgehead atoms. The van der Waals surface area contributed by atoms with Crippen molar-refractivity contribution >= 4 is 17.5 Å². The largest absolute Gasteiger partial charge is 0.493 e. The Kier molecular flexibility index (Phi) is 7.93. The van der Waals surface area contributed by atoms with Crippen molar-refractivity contribution in [2.24, 2.45) is 0 Å². The number of fused-ring (bicyclic) bond motifs is 1. The average Bonchev–Trinajstić information content (AvgIpc) is 2.86. The number of rotatable bonds is 9. The van der Waals surface area contributed by atoms with Crippen LogP contribution in [0.4, 0.5) is 0 Å². The summed E-state index contributed by atoms with van der Waals surface area (Å²) in [5, 5.41) is 3.79. The Labute approximate surface area is 205 Å². The molecule has 0 aliphatic carbocycles. The minimum atomic E-state index is -0.300. The quantitative estimate of drug-likeness (QED) is 0.483. The van der Waals surface area contributed by atoms with Crippen LogP contribution in [0.25, 0.3) is 0 Å². The van der Waals surface area contributed by atoms with Gasteiger partial charge in [0.1, 0.15) is 12.4 Å². The summed E-state index contributed by atoms with van der Waals surface area (Å²) in [7, 11) is 3.27. The molecule has 1 atom stereocenters. The molecular formula is C27H29ClN2O4. The molecule has 7 heteroatoms. The van der Waals surface area contributed by atoms with Gasteiger partial charge in [-0.3, -0.25) is 9.69 Å². The summed E-state index contributed by atoms with van der Waals surface area (Å²) in [6.45, 7) is 2.08. The number of amides is 1. The number of para-hydroxylation sites is 1. The molecule has 178 valence electrons. The van der Waals surface area contributed by atoms with E-state index in [-0.39, 0.29) is 11.9 Å². The topological polar surface area (TPSA) is 60.0 Å². The number of nitrogens with zero attached hydrogens (tertiary/aromatic N) is 1. The van der Waals surface area contributed by atoms with Gasteiger partial charge < -0.3 is 19.5 Å². The van der Waals surface area contributed by atoms with Crippen molar-refractivity contribution in [3.63, 3.8) is 0 Å². The van der Waals surface area contributed by atoms with Crippen LogP contribution in [0.15, 0.2) is 66.7 Å². The molecular weight excluding hydrogens is 452 g/mol. The van der Waals surface area contributed by atoms with E-state index in [2.05, 4.69) is 10.2 Å². The molecule has 1 amide bonds. The minimum Gasteiger partial charge on any atom is -0.493 e. The highest BCUT2D eigenvalue weighted by Crippen LogP contribution is 2.33. The zero-order valence-corrected chi connectivity index (χ0v) is 20.2. The first kappa shape index (κ1) is 23.9. The van der Waals surface area contributed by atoms with Gasteiger partial charge in [-0.05, 0) is 59.5 Å². The average molecular weight is 481 g/mol. The molecule has 1 aliphatic heterocycles. The summed E-state index contributed by atoms with van der Waals surface area (Å²) >= 11 is 6.06. The molecule has 1 heterocycles. The molecule has 0 saturated carbocycles. The molecule has 3 aromatic rings. The molecule has 0 aromatic heterocycles. The fourth-order valence-corrected chi connectivity index (χ4v) is 4.26. The Morgan fingerprint density at radius 1 is 1.00 bits per heavy atom. The maximum atomic E-state index is 13.0. The maximum Gasteiger partial charge on any atom is 0.234 e. The number of nitrogens with one attached hydrogen (secondary N) is 1. The van der Waals surface area contributed by atoms with Crippen molar-refractivity contribution in [1.82, 2.24) is 10.2 Å². The lowest BCUT2D eigenvalue weighted by Gasteiger charge is -2.29. The Balaban J connectivity index is 1.41. The van der Waals surface area contributed by atoms with Gasteiger partial charge >= 0.3 is 0 Å². The van der Waals surface area contributed by atoms with E-state index in [9.17, 15) is 4.79 Å². The lowest BCUT2D eigenvalue weighted by atomic mass is 9.98. The summed E-state index contributed by atoms with van der Waals surface area (Å²) in [4.78, 5) is 15.2. The molecule has 0 saturated heterocycles. The third kappa shape index (κ3) is 6.01. The van der Waals surface area contributed by atoms with Gasteiger partial charge in [-0.1, -0.05) is 41.9 Å². The van der Waals surface area contributed by atoms with Gasteiger partial charge in [-0.15, -0.1) is 0 Å². The van der Waals surface area contributed by atoms with E-state index >= 15 is 0 Å². The van der Waals surface area contributed by atoms with Gasteiger partial charge in [-0.2, -0.15) is 0 Å². The highest BCUT2D eigenvalue weighted by atomic mass is 35.5. The number of hydrogen-bond donors (Lipinski definition) is 1. The number of ether oxygens (including phenoxy) is 3. The van der Waals surface area contributed by atoms with Gasteiger partial charge in [0.2, 0.25) is 5.91 Å². The predicted octanol–water partition coefficient (Wildman–Crippen LogP) is 4.65. The predicted molar refractivity (Wildman–Crippen MR) is 133 cm³/mol. The standard InChI is InChI=1S/C27H29ClN2O4/c1-32-25-14-20-12-13-30(16-21(20)15-26(25)33-2)17-27(31)29-24(19-8-10-22(28)11-9-19)18-34-23-6-4-3-5-7-23/h3-11,14-15,24H,12-13,16-18H2,1-2H3,(H,29,31). The molecule has 0 fully saturated rings. The van der Waals surface area contributed by atoms with Crippen LogP contribution in [-0.2, 0) is 17.8 Å². The second-order valence-electron chi connectivity index (χ2n) is 8.23. The zero-order valence-electron chi connectivity index (χ0n) is 19.4. The monoisotopic (exact) mass is 480 g/mol. The maximum absolute atomic E-state index is 13.0. The van der Waals surface area contributed by atoms with Crippen LogP contribution >= 0.6 is 11.6 Å². The van der Waals surface area contributed by atoms with Crippen LogP contribution < -0.4 is 19.5 Å². The summed E-state index contributed by atoms with van der Waals surface area (Å²) in [6, 6.07) is 20.8. The molecule has 1 N–H and O–H groups in total. The number of carbonyl (C=O) groups excluding carboxylic acids is 1. The van der Waals surface area contributed by atoms with Crippen molar-refractivity contribution < 1.29 is 19.0 Å². The van der Waals surface area contributed by atoms with Crippen LogP contribution in [-0.4, -0.2) is 44.7 Å². The van der Waals surface area contributed by atoms with E-state index in [1.807, 2.05) is 66.7 Å². The summed E-state index contributed by atoms with van der Waals surface area (Å²) in [5.74, 6) is 2.14. The Morgan fingerprint density at radius 2 is 1.68 bits per heavy atom. The first-order chi connectivity index (χ1) is 16.6. The van der Waals surface area contributed by atoms with E-state index in [1.165, 1.54) is 5.56 Å². The van der Waals surface area contributed by atoms with Crippen LogP contribution in [0.3, 0.4) is 0 Å². The third-order valence-electron chi connectivity index (χ3n) is 5.93. The second kappa shape index (κ2) is 11.3. The minimum absolute atomic E-state index is 0.0551. The molecule has 1 aliphatic rings. The number of carbonyl (C=O) groups is 1. The SMILES string of the molecule is COc1cc2c(cc1OC)CN(CC(=O)NC(COc1ccccc1)c1ccc(Cl)cc1)CC2. The van der Waals surface area contributed by atoms with Crippen molar-refractivity contribution in [3.8, 4) is 17.2 Å². The second-order valence-corrected chi connectivity index (χ2v) is 8.67. The van der Waals surface area contributed by atoms with Gasteiger partial charge in [0.25, 0.3) is 0 Å². The van der Waals surface area contributed by atoms with Crippen LogP contribution in [0.5, 0.6) is 17.2 Å². The first-order valence-electron chi connectivity index (χ1n) is 11.2. The lowest BCUT2D eigenvalue weighted by Crippen LogP contribution is -2.42. The van der Waals surface area contributed by atoms with Crippen molar-refractivity contribution in [2.45, 2.75) is 19.0 Å². The number of benzene rings is 3. The number of halogens is 1. The normalized spacial score (nSPS) is 14.1. The Hall–Kier alpha value is -3.22. The zero-order chi connectivity index (χ0) is 23.9. The van der Waals surface area contributed by atoms with Crippen LogP contribution in [0.2, 0.25) is 5.02 Å². The van der Waals surface area contributed by atoms with Crippen molar-refractivity contribution in [1.29, 1.82) is 0 Å².